The first-order valence-corrected chi connectivity index (χ1v) is 8.86. The molecule has 2 aromatic rings. The molecule has 0 unspecified atom stereocenters. The highest BCUT2D eigenvalue weighted by molar-refractivity contribution is 9.10. The second-order valence-corrected chi connectivity index (χ2v) is 6.93. The van der Waals surface area contributed by atoms with Crippen molar-refractivity contribution >= 4 is 27.5 Å². The lowest BCUT2D eigenvalue weighted by molar-refractivity contribution is -0.122. The molecule has 1 aliphatic carbocycles. The third kappa shape index (κ3) is 3.96. The summed E-state index contributed by atoms with van der Waals surface area (Å²) in [5.74, 6) is -0.192. The van der Waals surface area contributed by atoms with Crippen LogP contribution in [-0.4, -0.2) is 12.0 Å². The van der Waals surface area contributed by atoms with Crippen molar-refractivity contribution in [2.75, 3.05) is 5.32 Å². The zero-order valence-corrected chi connectivity index (χ0v) is 15.0. The first kappa shape index (κ1) is 17.0. The van der Waals surface area contributed by atoms with Gasteiger partial charge in [0.2, 0.25) is 0 Å². The fourth-order valence-electron chi connectivity index (χ4n) is 2.87. The lowest BCUT2D eigenvalue weighted by atomic mass is 9.92. The van der Waals surface area contributed by atoms with Crippen LogP contribution >= 0.6 is 15.9 Å². The van der Waals surface area contributed by atoms with E-state index in [4.69, 9.17) is 4.74 Å². The van der Waals surface area contributed by atoms with Gasteiger partial charge in [-0.2, -0.15) is 0 Å². The van der Waals surface area contributed by atoms with Gasteiger partial charge in [-0.05, 0) is 74.1 Å². The van der Waals surface area contributed by atoms with Gasteiger partial charge in [0.25, 0.3) is 5.91 Å². The van der Waals surface area contributed by atoms with Crippen molar-refractivity contribution in [2.24, 2.45) is 0 Å². The van der Waals surface area contributed by atoms with Gasteiger partial charge in [-0.1, -0.05) is 22.0 Å². The van der Waals surface area contributed by atoms with Crippen LogP contribution in [0.15, 0.2) is 40.9 Å². The number of amides is 1. The predicted octanol–water partition coefficient (Wildman–Crippen LogP) is 4.87. The Balaban J connectivity index is 1.65. The van der Waals surface area contributed by atoms with Crippen LogP contribution in [0.4, 0.5) is 10.1 Å². The summed E-state index contributed by atoms with van der Waals surface area (Å²) in [6.45, 7) is 1.66. The summed E-state index contributed by atoms with van der Waals surface area (Å²) in [5.41, 5.74) is 2.80. The Morgan fingerprint density at radius 3 is 2.67 bits per heavy atom. The maximum absolute atomic E-state index is 13.8. The van der Waals surface area contributed by atoms with E-state index >= 15 is 0 Å². The number of fused-ring (bicyclic) bond motifs is 1. The normalized spacial score (nSPS) is 14.6. The third-order valence-corrected chi connectivity index (χ3v) is 4.68. The Morgan fingerprint density at radius 1 is 1.17 bits per heavy atom. The number of hydrogen-bond donors (Lipinski definition) is 1. The molecule has 0 fully saturated rings. The van der Waals surface area contributed by atoms with Crippen molar-refractivity contribution in [1.82, 2.24) is 0 Å². The molecule has 1 aliphatic rings. The van der Waals surface area contributed by atoms with Gasteiger partial charge in [-0.15, -0.1) is 0 Å². The highest BCUT2D eigenvalue weighted by atomic mass is 79.9. The van der Waals surface area contributed by atoms with Gasteiger partial charge in [0, 0.05) is 4.47 Å². The molecule has 0 spiro atoms. The summed E-state index contributed by atoms with van der Waals surface area (Å²) in [6.07, 6.45) is 3.86. The van der Waals surface area contributed by atoms with Crippen molar-refractivity contribution in [3.8, 4) is 5.75 Å². The molecule has 0 saturated heterocycles. The van der Waals surface area contributed by atoms with E-state index < -0.39 is 11.9 Å². The smallest absolute Gasteiger partial charge is 0.265 e. The van der Waals surface area contributed by atoms with Crippen LogP contribution in [0.3, 0.4) is 0 Å². The summed E-state index contributed by atoms with van der Waals surface area (Å²) in [7, 11) is 0. The van der Waals surface area contributed by atoms with Crippen LogP contribution in [-0.2, 0) is 17.6 Å². The number of hydrogen-bond acceptors (Lipinski definition) is 2. The molecule has 1 amide bonds. The van der Waals surface area contributed by atoms with Crippen LogP contribution in [0.2, 0.25) is 0 Å². The molecule has 126 valence electrons. The van der Waals surface area contributed by atoms with Crippen molar-refractivity contribution in [3.05, 3.63) is 57.8 Å². The lowest BCUT2D eigenvalue weighted by Crippen LogP contribution is -2.30. The quantitative estimate of drug-likeness (QED) is 0.806. The number of carbonyl (C=O) groups excluding carboxylic acids is 1. The molecule has 0 aromatic heterocycles. The van der Waals surface area contributed by atoms with Crippen LogP contribution < -0.4 is 10.1 Å². The minimum Gasteiger partial charge on any atom is -0.481 e. The van der Waals surface area contributed by atoms with Crippen molar-refractivity contribution in [1.29, 1.82) is 0 Å². The highest BCUT2D eigenvalue weighted by Gasteiger charge is 2.18. The predicted molar refractivity (Wildman–Crippen MR) is 95.9 cm³/mol. The maximum Gasteiger partial charge on any atom is 0.265 e. The third-order valence-electron chi connectivity index (χ3n) is 4.19. The van der Waals surface area contributed by atoms with Crippen LogP contribution in [0, 0.1) is 5.82 Å². The number of carbonyl (C=O) groups is 1. The molecule has 24 heavy (non-hydrogen) atoms. The Kier molecular flexibility index (Phi) is 5.19. The standard InChI is InChI=1S/C19H19BrFNO2/c1-12(19(23)22-18-9-7-15(20)11-17(18)21)24-16-8-6-13-4-2-3-5-14(13)10-16/h6-12H,2-5H2,1H3,(H,22,23)/t12-/m0/s1. The monoisotopic (exact) mass is 391 g/mol. The molecule has 3 rings (SSSR count). The van der Waals surface area contributed by atoms with Crippen LogP contribution in [0.25, 0.3) is 0 Å². The number of ether oxygens (including phenoxy) is 1. The fourth-order valence-corrected chi connectivity index (χ4v) is 3.20. The number of rotatable bonds is 4. The zero-order valence-electron chi connectivity index (χ0n) is 13.4. The van der Waals surface area contributed by atoms with E-state index in [9.17, 15) is 9.18 Å². The number of nitrogens with one attached hydrogen (secondary N) is 1. The summed E-state index contributed by atoms with van der Waals surface area (Å²) < 4.78 is 20.2. The SMILES string of the molecule is C[C@H](Oc1ccc2c(c1)CCCC2)C(=O)Nc1ccc(Br)cc1F. The zero-order chi connectivity index (χ0) is 17.1. The van der Waals surface area contributed by atoms with Gasteiger partial charge in [-0.25, -0.2) is 4.39 Å². The Bertz CT molecular complexity index is 763. The largest absolute Gasteiger partial charge is 0.481 e. The van der Waals surface area contributed by atoms with E-state index in [1.165, 1.54) is 36.1 Å². The Hall–Kier alpha value is -1.88. The summed E-state index contributed by atoms with van der Waals surface area (Å²) in [5, 5.41) is 2.56. The first-order chi connectivity index (χ1) is 11.5. The van der Waals surface area contributed by atoms with Crippen molar-refractivity contribution in [2.45, 2.75) is 38.7 Å². The summed E-state index contributed by atoms with van der Waals surface area (Å²) in [4.78, 5) is 12.2. The fraction of sp³-hybridized carbons (Fsp3) is 0.316. The molecular formula is C19H19BrFNO2. The van der Waals surface area contributed by atoms with Gasteiger partial charge in [0.15, 0.2) is 6.10 Å². The van der Waals surface area contributed by atoms with E-state index in [0.29, 0.717) is 10.2 Å². The molecule has 0 radical (unpaired) electrons. The lowest BCUT2D eigenvalue weighted by Gasteiger charge is -2.19. The van der Waals surface area contributed by atoms with E-state index in [1.54, 1.807) is 13.0 Å². The van der Waals surface area contributed by atoms with Gasteiger partial charge in [0.1, 0.15) is 11.6 Å². The van der Waals surface area contributed by atoms with Crippen molar-refractivity contribution < 1.29 is 13.9 Å². The topological polar surface area (TPSA) is 38.3 Å². The molecule has 0 saturated carbocycles. The van der Waals surface area contributed by atoms with E-state index in [-0.39, 0.29) is 11.6 Å². The molecule has 1 atom stereocenters. The highest BCUT2D eigenvalue weighted by Crippen LogP contribution is 2.26. The second-order valence-electron chi connectivity index (χ2n) is 6.01. The molecule has 2 aromatic carbocycles. The van der Waals surface area contributed by atoms with E-state index in [2.05, 4.69) is 27.3 Å². The van der Waals surface area contributed by atoms with Gasteiger partial charge in [-0.3, -0.25) is 4.79 Å². The molecule has 0 heterocycles. The number of anilines is 1. The molecule has 1 N–H and O–H groups in total. The molecule has 0 bridgehead atoms. The number of benzene rings is 2. The summed E-state index contributed by atoms with van der Waals surface area (Å²) in [6, 6.07) is 10.5. The Labute approximate surface area is 149 Å². The van der Waals surface area contributed by atoms with Gasteiger partial charge >= 0.3 is 0 Å². The van der Waals surface area contributed by atoms with Gasteiger partial charge in [0.05, 0.1) is 5.69 Å². The first-order valence-electron chi connectivity index (χ1n) is 8.07. The second kappa shape index (κ2) is 7.34. The van der Waals surface area contributed by atoms with Crippen molar-refractivity contribution in [3.63, 3.8) is 0 Å². The molecule has 0 aliphatic heterocycles. The summed E-state index contributed by atoms with van der Waals surface area (Å²) >= 11 is 3.19. The number of aryl methyl sites for hydroxylation is 2. The molecule has 5 heteroatoms. The average Bonchev–Trinajstić information content (AvgIpc) is 2.57. The van der Waals surface area contributed by atoms with E-state index in [0.717, 1.165) is 12.8 Å². The van der Waals surface area contributed by atoms with E-state index in [1.807, 2.05) is 12.1 Å². The van der Waals surface area contributed by atoms with Gasteiger partial charge < -0.3 is 10.1 Å². The minimum atomic E-state index is -0.713. The maximum atomic E-state index is 13.8. The Morgan fingerprint density at radius 2 is 1.92 bits per heavy atom. The average molecular weight is 392 g/mol. The van der Waals surface area contributed by atoms with Crippen LogP contribution in [0.1, 0.15) is 30.9 Å². The van der Waals surface area contributed by atoms with Crippen LogP contribution in [0.5, 0.6) is 5.75 Å². The molecule has 3 nitrogen and oxygen atoms in total. The number of halogens is 2. The molecular weight excluding hydrogens is 373 g/mol. The minimum absolute atomic E-state index is 0.143.